The second kappa shape index (κ2) is 8.38. The summed E-state index contributed by atoms with van der Waals surface area (Å²) in [5.74, 6) is 0. The van der Waals surface area contributed by atoms with Gasteiger partial charge in [0.05, 0.1) is 13.2 Å². The number of halogens is 4. The molecular weight excluding hydrogens is 376 g/mol. The van der Waals surface area contributed by atoms with Gasteiger partial charge in [-0.05, 0) is 12.1 Å². The summed E-state index contributed by atoms with van der Waals surface area (Å²) in [7, 11) is 17.2. The SMILES string of the molecule is N#[N+]c1ccc(N2CCOCC2)cc1.[Cl][Fe-]([Cl])([Cl])[Cl]. The standard InChI is InChI=1S/C10H12N3O.4ClH.Fe/c11-12-9-1-3-10(4-2-9)13-5-7-14-8-6-13;;;;;/h1-4H,5-8H2;4*1H;/q+1;;;;;+3/p-4. The Labute approximate surface area is 131 Å². The zero-order valence-corrected chi connectivity index (χ0v) is 13.9. The van der Waals surface area contributed by atoms with Gasteiger partial charge in [0.1, 0.15) is 0 Å². The predicted molar refractivity (Wildman–Crippen MR) is 77.6 cm³/mol. The zero-order valence-electron chi connectivity index (χ0n) is 9.75. The molecule has 0 saturated carbocycles. The Morgan fingerprint density at radius 2 is 1.53 bits per heavy atom. The van der Waals surface area contributed by atoms with Crippen molar-refractivity contribution >= 4 is 51.8 Å². The third-order valence-electron chi connectivity index (χ3n) is 2.34. The second-order valence-corrected chi connectivity index (χ2v) is 14.5. The van der Waals surface area contributed by atoms with Crippen LogP contribution in [-0.2, 0) is 13.9 Å². The molecule has 0 atom stereocenters. The van der Waals surface area contributed by atoms with Crippen LogP contribution in [0.4, 0.5) is 11.4 Å². The fourth-order valence-electron chi connectivity index (χ4n) is 1.55. The molecule has 0 spiro atoms. The molecule has 0 amide bonds. The third-order valence-corrected chi connectivity index (χ3v) is 2.34. The molecule has 109 valence electrons. The molecule has 9 heteroatoms. The molecule has 1 aromatic carbocycles. The molecular formula is C10H12Cl4FeN3O. The van der Waals surface area contributed by atoms with Gasteiger partial charge < -0.3 is 9.64 Å². The molecule has 0 N–H and O–H groups in total. The van der Waals surface area contributed by atoms with E-state index in [1.54, 1.807) is 12.1 Å². The first-order valence-electron chi connectivity index (χ1n) is 5.21. The number of benzene rings is 1. The minimum atomic E-state index is -2.61. The fourth-order valence-corrected chi connectivity index (χ4v) is 1.55. The van der Waals surface area contributed by atoms with Crippen molar-refractivity contribution in [2.75, 3.05) is 31.2 Å². The fraction of sp³-hybridized carbons (Fsp3) is 0.400. The molecule has 0 aliphatic carbocycles. The minimum absolute atomic E-state index is 0.585. The molecule has 1 aromatic rings. The van der Waals surface area contributed by atoms with E-state index in [4.69, 9.17) is 50.5 Å². The van der Waals surface area contributed by atoms with Crippen LogP contribution in [0.15, 0.2) is 24.3 Å². The van der Waals surface area contributed by atoms with E-state index in [0.717, 1.165) is 32.0 Å². The van der Waals surface area contributed by atoms with Gasteiger partial charge in [0.25, 0.3) is 0 Å². The Hall–Kier alpha value is 0.0795. The first-order chi connectivity index (χ1) is 8.90. The predicted octanol–water partition coefficient (Wildman–Crippen LogP) is 4.76. The molecule has 2 rings (SSSR count). The van der Waals surface area contributed by atoms with Crippen molar-refractivity contribution in [2.24, 2.45) is 0 Å². The van der Waals surface area contributed by atoms with Crippen LogP contribution in [0, 0.1) is 5.39 Å². The molecule has 19 heavy (non-hydrogen) atoms. The van der Waals surface area contributed by atoms with Crippen LogP contribution in [-0.4, -0.2) is 26.3 Å². The molecule has 0 unspecified atom stereocenters. The Morgan fingerprint density at radius 3 is 1.95 bits per heavy atom. The van der Waals surface area contributed by atoms with E-state index < -0.39 is 9.20 Å². The molecule has 0 aromatic heterocycles. The first kappa shape index (κ1) is 17.1. The number of morpholine rings is 1. The van der Waals surface area contributed by atoms with E-state index >= 15 is 0 Å². The van der Waals surface area contributed by atoms with Crippen LogP contribution >= 0.6 is 40.4 Å². The van der Waals surface area contributed by atoms with Crippen molar-refractivity contribution in [1.29, 1.82) is 5.39 Å². The van der Waals surface area contributed by atoms with Crippen molar-refractivity contribution in [3.05, 3.63) is 29.2 Å². The Kier molecular flexibility index (Phi) is 7.56. The van der Waals surface area contributed by atoms with E-state index in [-0.39, 0.29) is 0 Å². The van der Waals surface area contributed by atoms with Crippen LogP contribution in [0.25, 0.3) is 4.98 Å². The monoisotopic (exact) mass is 386 g/mol. The van der Waals surface area contributed by atoms with Crippen LogP contribution in [0.1, 0.15) is 0 Å². The molecule has 1 saturated heterocycles. The van der Waals surface area contributed by atoms with Gasteiger partial charge in [0.2, 0.25) is 5.39 Å². The van der Waals surface area contributed by atoms with Gasteiger partial charge >= 0.3 is 55.3 Å². The van der Waals surface area contributed by atoms with Gasteiger partial charge in [-0.3, -0.25) is 0 Å². The van der Waals surface area contributed by atoms with Crippen molar-refractivity contribution < 1.29 is 13.9 Å². The van der Waals surface area contributed by atoms with Crippen LogP contribution in [0.2, 0.25) is 0 Å². The quantitative estimate of drug-likeness (QED) is 0.515. The van der Waals surface area contributed by atoms with Gasteiger partial charge in [-0.25, -0.2) is 0 Å². The molecule has 4 nitrogen and oxygen atoms in total. The van der Waals surface area contributed by atoms with E-state index in [1.807, 2.05) is 12.1 Å². The van der Waals surface area contributed by atoms with Crippen LogP contribution in [0.3, 0.4) is 0 Å². The van der Waals surface area contributed by atoms with Gasteiger partial charge in [-0.2, -0.15) is 0 Å². The van der Waals surface area contributed by atoms with Crippen LogP contribution in [0.5, 0.6) is 0 Å². The molecule has 1 aliphatic rings. The van der Waals surface area contributed by atoms with Crippen molar-refractivity contribution in [3.8, 4) is 0 Å². The number of ether oxygens (including phenoxy) is 1. The summed E-state index contributed by atoms with van der Waals surface area (Å²) in [4.78, 5) is 5.37. The van der Waals surface area contributed by atoms with E-state index in [2.05, 4.69) is 9.88 Å². The maximum absolute atomic E-state index is 8.53. The molecule has 0 bridgehead atoms. The summed E-state index contributed by atoms with van der Waals surface area (Å²) >= 11 is 0. The number of nitrogens with zero attached hydrogens (tertiary/aromatic N) is 3. The topological polar surface area (TPSA) is 40.6 Å². The van der Waals surface area contributed by atoms with E-state index in [0.29, 0.717) is 5.69 Å². The van der Waals surface area contributed by atoms with E-state index in [1.165, 1.54) is 0 Å². The summed E-state index contributed by atoms with van der Waals surface area (Å²) in [6.07, 6.45) is 0. The number of diazo groups is 1. The van der Waals surface area contributed by atoms with Crippen molar-refractivity contribution in [3.63, 3.8) is 0 Å². The Balaban J connectivity index is 0.000000312. The number of rotatable bonds is 1. The number of hydrogen-bond acceptors (Lipinski definition) is 3. The normalized spacial score (nSPS) is 16.1. The summed E-state index contributed by atoms with van der Waals surface area (Å²) in [5.41, 5.74) is 1.74. The summed E-state index contributed by atoms with van der Waals surface area (Å²) < 4.78 is 5.27. The van der Waals surface area contributed by atoms with E-state index in [9.17, 15) is 0 Å². The summed E-state index contributed by atoms with van der Waals surface area (Å²) in [5, 5.41) is 8.53. The maximum atomic E-state index is 8.53. The molecule has 1 fully saturated rings. The summed E-state index contributed by atoms with van der Waals surface area (Å²) in [6.45, 7) is 3.42. The Morgan fingerprint density at radius 1 is 1.05 bits per heavy atom. The second-order valence-electron chi connectivity index (χ2n) is 3.52. The van der Waals surface area contributed by atoms with Gasteiger partial charge in [-0.15, -0.1) is 0 Å². The molecule has 0 radical (unpaired) electrons. The third kappa shape index (κ3) is 8.06. The Bertz CT molecular complexity index is 420. The van der Waals surface area contributed by atoms with Crippen LogP contribution < -0.4 is 4.90 Å². The first-order valence-corrected chi connectivity index (χ1v) is 11.3. The van der Waals surface area contributed by atoms with Gasteiger partial charge in [0.15, 0.2) is 4.98 Å². The number of hydrogen-bond donors (Lipinski definition) is 0. The average molecular weight is 388 g/mol. The number of anilines is 1. The molecule has 1 heterocycles. The van der Waals surface area contributed by atoms with Gasteiger partial charge in [0, 0.05) is 30.9 Å². The van der Waals surface area contributed by atoms with Crippen molar-refractivity contribution in [1.82, 2.24) is 0 Å². The van der Waals surface area contributed by atoms with Crippen molar-refractivity contribution in [2.45, 2.75) is 0 Å². The summed E-state index contributed by atoms with van der Waals surface area (Å²) in [6, 6.07) is 7.51. The average Bonchev–Trinajstić information content (AvgIpc) is 2.38. The zero-order chi connectivity index (χ0) is 14.3. The molecule has 1 aliphatic heterocycles. The van der Waals surface area contributed by atoms with Gasteiger partial charge in [-0.1, -0.05) is 0 Å².